The summed E-state index contributed by atoms with van der Waals surface area (Å²) in [5, 5.41) is 0. The number of ether oxygens (including phenoxy) is 2. The molecular weight excluding hydrogens is 721 g/mol. The number of rotatable bonds is 39. The maximum absolute atomic E-state index is 12.6. The fourth-order valence-corrected chi connectivity index (χ4v) is 5.89. The SMILES string of the molecule is CC/C=C\C/C=C\C/C=C\C/C=C\C/C=C\CCCCCCCC(=O)OC(COCCCCC/C=C\C/C=C\C/C=C\C/C=C\CC)COP(=O)(O)OCCN. The monoisotopic (exact) mass is 800 g/mol. The van der Waals surface area contributed by atoms with E-state index in [0.717, 1.165) is 122 Å². The summed E-state index contributed by atoms with van der Waals surface area (Å²) in [5.74, 6) is -0.366. The topological polar surface area (TPSA) is 117 Å². The van der Waals surface area contributed by atoms with E-state index in [0.29, 0.717) is 6.61 Å². The molecule has 318 valence electrons. The number of carbonyl (C=O) groups excluding carboxylic acids is 1. The number of phosphoric acid groups is 1. The van der Waals surface area contributed by atoms with Gasteiger partial charge in [-0.2, -0.15) is 0 Å². The summed E-state index contributed by atoms with van der Waals surface area (Å²) in [4.78, 5) is 22.5. The van der Waals surface area contributed by atoms with Crippen LogP contribution in [0.3, 0.4) is 0 Å². The van der Waals surface area contributed by atoms with Gasteiger partial charge in [-0.15, -0.1) is 0 Å². The van der Waals surface area contributed by atoms with Gasteiger partial charge in [0, 0.05) is 19.6 Å². The number of phosphoric ester groups is 1. The Bertz CT molecular complexity index is 1210. The molecule has 8 nitrogen and oxygen atoms in total. The predicted molar refractivity (Wildman–Crippen MR) is 237 cm³/mol. The molecule has 0 aliphatic heterocycles. The minimum Gasteiger partial charge on any atom is -0.457 e. The van der Waals surface area contributed by atoms with Crippen LogP contribution >= 0.6 is 7.82 Å². The quantitative estimate of drug-likeness (QED) is 0.0273. The number of allylic oxidation sites excluding steroid dienone is 18. The maximum atomic E-state index is 12.6. The predicted octanol–water partition coefficient (Wildman–Crippen LogP) is 12.9. The zero-order valence-electron chi connectivity index (χ0n) is 35.1. The second-order valence-corrected chi connectivity index (χ2v) is 14.9. The van der Waals surface area contributed by atoms with Gasteiger partial charge in [0.2, 0.25) is 0 Å². The van der Waals surface area contributed by atoms with Crippen LogP contribution in [0.4, 0.5) is 0 Å². The Kier molecular flexibility index (Phi) is 41.1. The summed E-state index contributed by atoms with van der Waals surface area (Å²) in [6.07, 6.45) is 58.2. The lowest BCUT2D eigenvalue weighted by Gasteiger charge is -2.20. The summed E-state index contributed by atoms with van der Waals surface area (Å²) in [5.41, 5.74) is 5.36. The molecule has 0 aromatic rings. The number of unbranched alkanes of at least 4 members (excludes halogenated alkanes) is 8. The molecule has 0 saturated carbocycles. The lowest BCUT2D eigenvalue weighted by atomic mass is 10.1. The first-order valence-electron chi connectivity index (χ1n) is 21.4. The molecule has 0 aromatic heterocycles. The van der Waals surface area contributed by atoms with Crippen molar-refractivity contribution in [2.24, 2.45) is 5.73 Å². The van der Waals surface area contributed by atoms with E-state index >= 15 is 0 Å². The third-order valence-corrected chi connectivity index (χ3v) is 9.17. The highest BCUT2D eigenvalue weighted by atomic mass is 31.2. The van der Waals surface area contributed by atoms with Gasteiger partial charge in [-0.3, -0.25) is 13.8 Å². The van der Waals surface area contributed by atoms with Gasteiger partial charge < -0.3 is 20.1 Å². The summed E-state index contributed by atoms with van der Waals surface area (Å²) >= 11 is 0. The Morgan fingerprint density at radius 2 is 0.946 bits per heavy atom. The van der Waals surface area contributed by atoms with E-state index in [4.69, 9.17) is 24.3 Å². The lowest BCUT2D eigenvalue weighted by molar-refractivity contribution is -0.154. The van der Waals surface area contributed by atoms with E-state index in [1.54, 1.807) is 0 Å². The van der Waals surface area contributed by atoms with Crippen molar-refractivity contribution in [3.63, 3.8) is 0 Å². The Labute approximate surface area is 342 Å². The zero-order valence-corrected chi connectivity index (χ0v) is 36.0. The summed E-state index contributed by atoms with van der Waals surface area (Å²) in [7, 11) is -4.30. The van der Waals surface area contributed by atoms with Crippen molar-refractivity contribution in [1.29, 1.82) is 0 Å². The molecule has 0 fully saturated rings. The van der Waals surface area contributed by atoms with Gasteiger partial charge >= 0.3 is 13.8 Å². The minimum atomic E-state index is -4.30. The normalized spacial score (nSPS) is 14.6. The molecule has 0 spiro atoms. The molecule has 2 atom stereocenters. The van der Waals surface area contributed by atoms with Crippen LogP contribution < -0.4 is 5.73 Å². The summed E-state index contributed by atoms with van der Waals surface area (Å²) in [6.45, 7) is 4.55. The van der Waals surface area contributed by atoms with Crippen LogP contribution in [0.2, 0.25) is 0 Å². The van der Waals surface area contributed by atoms with E-state index in [9.17, 15) is 14.3 Å². The highest BCUT2D eigenvalue weighted by Gasteiger charge is 2.25. The fourth-order valence-electron chi connectivity index (χ4n) is 5.13. The molecule has 0 saturated heterocycles. The van der Waals surface area contributed by atoms with Crippen molar-refractivity contribution in [3.05, 3.63) is 109 Å². The first kappa shape index (κ1) is 53.2. The molecule has 9 heteroatoms. The van der Waals surface area contributed by atoms with Crippen molar-refractivity contribution < 1.29 is 32.8 Å². The number of nitrogens with two attached hydrogens (primary N) is 1. The molecule has 2 unspecified atom stereocenters. The number of hydrogen-bond donors (Lipinski definition) is 2. The number of carbonyl (C=O) groups is 1. The third kappa shape index (κ3) is 42.3. The van der Waals surface area contributed by atoms with E-state index < -0.39 is 13.9 Å². The second kappa shape index (κ2) is 43.3. The second-order valence-electron chi connectivity index (χ2n) is 13.4. The molecule has 0 aliphatic carbocycles. The van der Waals surface area contributed by atoms with E-state index in [1.807, 2.05) is 0 Å². The van der Waals surface area contributed by atoms with Crippen LogP contribution in [0.5, 0.6) is 0 Å². The molecule has 0 amide bonds. The molecule has 0 rings (SSSR count). The van der Waals surface area contributed by atoms with Gasteiger partial charge in [-0.1, -0.05) is 149 Å². The zero-order chi connectivity index (χ0) is 40.9. The van der Waals surface area contributed by atoms with Crippen LogP contribution in [0.15, 0.2) is 109 Å². The molecular formula is C47H78NO7P. The highest BCUT2D eigenvalue weighted by Crippen LogP contribution is 2.43. The van der Waals surface area contributed by atoms with Crippen LogP contribution in [0.1, 0.15) is 142 Å². The van der Waals surface area contributed by atoms with Crippen LogP contribution in [-0.2, 0) is 27.9 Å². The molecule has 0 bridgehead atoms. The maximum Gasteiger partial charge on any atom is 0.472 e. The first-order chi connectivity index (χ1) is 27.4. The minimum absolute atomic E-state index is 0.0787. The lowest BCUT2D eigenvalue weighted by Crippen LogP contribution is -2.28. The summed E-state index contributed by atoms with van der Waals surface area (Å²) in [6, 6.07) is 0. The van der Waals surface area contributed by atoms with Gasteiger partial charge in [-0.25, -0.2) is 4.57 Å². The smallest absolute Gasteiger partial charge is 0.457 e. The van der Waals surface area contributed by atoms with Crippen molar-refractivity contribution in [3.8, 4) is 0 Å². The van der Waals surface area contributed by atoms with Crippen LogP contribution in [0.25, 0.3) is 0 Å². The largest absolute Gasteiger partial charge is 0.472 e. The highest BCUT2D eigenvalue weighted by molar-refractivity contribution is 7.47. The van der Waals surface area contributed by atoms with Crippen molar-refractivity contribution >= 4 is 13.8 Å². The molecule has 0 aromatic carbocycles. The third-order valence-electron chi connectivity index (χ3n) is 8.19. The Morgan fingerprint density at radius 1 is 0.536 bits per heavy atom. The molecule has 56 heavy (non-hydrogen) atoms. The fraction of sp³-hybridized carbons (Fsp3) is 0.596. The van der Waals surface area contributed by atoms with Crippen LogP contribution in [0, 0.1) is 0 Å². The number of hydrogen-bond acceptors (Lipinski definition) is 7. The summed E-state index contributed by atoms with van der Waals surface area (Å²) < 4.78 is 33.4. The number of esters is 1. The van der Waals surface area contributed by atoms with Gasteiger partial charge in [0.1, 0.15) is 6.10 Å². The molecule has 0 aliphatic rings. The molecule has 0 radical (unpaired) electrons. The Hall–Kier alpha value is -2.84. The van der Waals surface area contributed by atoms with Crippen LogP contribution in [-0.4, -0.2) is 49.9 Å². The average molecular weight is 800 g/mol. The average Bonchev–Trinajstić information content (AvgIpc) is 3.19. The van der Waals surface area contributed by atoms with E-state index in [2.05, 4.69) is 123 Å². The van der Waals surface area contributed by atoms with Gasteiger partial charge in [-0.05, 0) is 96.3 Å². The molecule has 3 N–H and O–H groups in total. The standard InChI is InChI=1S/C47H78NO7P/c1-3-5-7-9-11-13-15-17-19-21-22-23-24-25-26-28-30-32-34-36-38-40-47(49)55-46(45-54-56(50,51)53-43-41-48)44-52-42-39-37-35-33-31-29-27-20-18-16-14-12-10-8-6-4-2/h5-8,11-14,17-20,22-23,25-26,29,31,46H,3-4,9-10,15-16,21,24,27-28,30,32-45,48H2,1-2H3,(H,50,51)/b7-5-,8-6-,13-11-,14-12-,19-17-,20-18-,23-22-,26-25-,31-29-. The van der Waals surface area contributed by atoms with Gasteiger partial charge in [0.25, 0.3) is 0 Å². The Balaban J connectivity index is 4.17. The van der Waals surface area contributed by atoms with Gasteiger partial charge in [0.05, 0.1) is 19.8 Å². The van der Waals surface area contributed by atoms with E-state index in [1.165, 1.54) is 0 Å². The molecule has 0 heterocycles. The Morgan fingerprint density at radius 3 is 1.41 bits per heavy atom. The first-order valence-corrected chi connectivity index (χ1v) is 22.9. The van der Waals surface area contributed by atoms with Gasteiger partial charge in [0.15, 0.2) is 0 Å². The van der Waals surface area contributed by atoms with E-state index in [-0.39, 0.29) is 38.8 Å². The van der Waals surface area contributed by atoms with Crippen molar-refractivity contribution in [2.75, 3.05) is 33.0 Å². The van der Waals surface area contributed by atoms with Crippen molar-refractivity contribution in [1.82, 2.24) is 0 Å². The van der Waals surface area contributed by atoms with Crippen molar-refractivity contribution in [2.45, 2.75) is 148 Å².